The van der Waals surface area contributed by atoms with Crippen molar-refractivity contribution in [3.8, 4) is 0 Å². The standard InChI is InChI=1S/C10H11N3O6/c14-7-3-6(4-11-13-7)8(15)12-10(19-9(16)17)1-2-18-5-10/h3-4H,1-2,5H2,(H,12,15)(H,13,14)(H,16,17)/t10-/m0/s1. The topological polar surface area (TPSA) is 131 Å². The van der Waals surface area contributed by atoms with Crippen LogP contribution in [0.1, 0.15) is 16.8 Å². The van der Waals surface area contributed by atoms with Gasteiger partial charge in [0.25, 0.3) is 11.5 Å². The lowest BCUT2D eigenvalue weighted by Gasteiger charge is -2.26. The van der Waals surface area contributed by atoms with Crippen LogP contribution in [-0.2, 0) is 9.47 Å². The normalized spacial score (nSPS) is 21.9. The average molecular weight is 269 g/mol. The molecule has 2 rings (SSSR count). The summed E-state index contributed by atoms with van der Waals surface area (Å²) in [5, 5.41) is 16.7. The van der Waals surface area contributed by atoms with E-state index in [2.05, 4.69) is 20.3 Å². The number of nitrogens with zero attached hydrogens (tertiary/aromatic N) is 1. The van der Waals surface area contributed by atoms with Crippen molar-refractivity contribution >= 4 is 12.1 Å². The molecule has 0 saturated carbocycles. The number of carbonyl (C=O) groups excluding carboxylic acids is 1. The van der Waals surface area contributed by atoms with Crippen LogP contribution < -0.4 is 10.9 Å². The molecule has 1 saturated heterocycles. The molecule has 1 fully saturated rings. The lowest BCUT2D eigenvalue weighted by molar-refractivity contribution is -0.0400. The summed E-state index contributed by atoms with van der Waals surface area (Å²) in [5.74, 6) is -0.662. The fourth-order valence-corrected chi connectivity index (χ4v) is 1.70. The maximum absolute atomic E-state index is 11.9. The molecule has 19 heavy (non-hydrogen) atoms. The van der Waals surface area contributed by atoms with E-state index in [0.29, 0.717) is 0 Å². The molecular formula is C10H11N3O6. The molecule has 0 bridgehead atoms. The van der Waals surface area contributed by atoms with E-state index in [0.717, 1.165) is 12.3 Å². The summed E-state index contributed by atoms with van der Waals surface area (Å²) in [6.45, 7) is 0.183. The van der Waals surface area contributed by atoms with Gasteiger partial charge >= 0.3 is 6.16 Å². The Labute approximate surface area is 106 Å². The molecule has 3 N–H and O–H groups in total. The number of rotatable bonds is 3. The quantitative estimate of drug-likeness (QED) is 0.489. The van der Waals surface area contributed by atoms with Crippen LogP contribution in [0, 0.1) is 0 Å². The van der Waals surface area contributed by atoms with E-state index in [1.807, 2.05) is 0 Å². The van der Waals surface area contributed by atoms with Crippen LogP contribution in [0.3, 0.4) is 0 Å². The van der Waals surface area contributed by atoms with Crippen LogP contribution in [0.25, 0.3) is 0 Å². The molecule has 0 aromatic carbocycles. The lowest BCUT2D eigenvalue weighted by Crippen LogP contribution is -2.52. The molecule has 2 heterocycles. The Morgan fingerprint density at radius 2 is 2.37 bits per heavy atom. The average Bonchev–Trinajstić information content (AvgIpc) is 2.76. The van der Waals surface area contributed by atoms with Crippen LogP contribution in [0.4, 0.5) is 4.79 Å². The Balaban J connectivity index is 2.15. The summed E-state index contributed by atoms with van der Waals surface area (Å²) in [7, 11) is 0. The van der Waals surface area contributed by atoms with Gasteiger partial charge < -0.3 is 19.9 Å². The molecule has 1 amide bonds. The second-order valence-electron chi connectivity index (χ2n) is 3.95. The molecular weight excluding hydrogens is 258 g/mol. The second-order valence-corrected chi connectivity index (χ2v) is 3.95. The number of carbonyl (C=O) groups is 2. The highest BCUT2D eigenvalue weighted by molar-refractivity contribution is 5.94. The highest BCUT2D eigenvalue weighted by atomic mass is 16.7. The van der Waals surface area contributed by atoms with E-state index in [1.54, 1.807) is 0 Å². The molecule has 1 atom stereocenters. The van der Waals surface area contributed by atoms with Crippen molar-refractivity contribution in [2.75, 3.05) is 13.2 Å². The molecule has 1 aromatic rings. The van der Waals surface area contributed by atoms with E-state index < -0.39 is 23.3 Å². The van der Waals surface area contributed by atoms with E-state index >= 15 is 0 Å². The van der Waals surface area contributed by atoms with Crippen molar-refractivity contribution in [3.63, 3.8) is 0 Å². The molecule has 1 aliphatic rings. The van der Waals surface area contributed by atoms with Gasteiger partial charge in [0.2, 0.25) is 5.72 Å². The molecule has 1 aromatic heterocycles. The van der Waals surface area contributed by atoms with Gasteiger partial charge in [0.05, 0.1) is 18.4 Å². The van der Waals surface area contributed by atoms with Gasteiger partial charge in [-0.25, -0.2) is 9.89 Å². The first-order chi connectivity index (χ1) is 9.01. The third-order valence-electron chi connectivity index (χ3n) is 2.54. The maximum atomic E-state index is 11.9. The van der Waals surface area contributed by atoms with Crippen molar-refractivity contribution in [1.82, 2.24) is 15.5 Å². The molecule has 0 aliphatic carbocycles. The zero-order valence-corrected chi connectivity index (χ0v) is 9.71. The Hall–Kier alpha value is -2.42. The minimum absolute atomic E-state index is 0.00372. The molecule has 0 radical (unpaired) electrons. The summed E-state index contributed by atoms with van der Waals surface area (Å²) < 4.78 is 9.71. The van der Waals surface area contributed by atoms with Crippen LogP contribution >= 0.6 is 0 Å². The molecule has 102 valence electrons. The van der Waals surface area contributed by atoms with Crippen molar-refractivity contribution in [2.24, 2.45) is 0 Å². The minimum atomic E-state index is -1.52. The maximum Gasteiger partial charge on any atom is 0.507 e. The van der Waals surface area contributed by atoms with Crippen molar-refractivity contribution in [1.29, 1.82) is 0 Å². The fraction of sp³-hybridized carbons (Fsp3) is 0.400. The van der Waals surface area contributed by atoms with Crippen molar-refractivity contribution in [2.45, 2.75) is 12.1 Å². The summed E-state index contributed by atoms with van der Waals surface area (Å²) in [5.41, 5.74) is -1.96. The molecule has 1 aliphatic heterocycles. The molecule has 9 nitrogen and oxygen atoms in total. The minimum Gasteiger partial charge on any atom is -0.450 e. The Kier molecular flexibility index (Phi) is 3.47. The first-order valence-corrected chi connectivity index (χ1v) is 5.38. The van der Waals surface area contributed by atoms with E-state index in [-0.39, 0.29) is 25.2 Å². The third-order valence-corrected chi connectivity index (χ3v) is 2.54. The number of nitrogens with one attached hydrogen (secondary N) is 2. The predicted molar refractivity (Wildman–Crippen MR) is 59.6 cm³/mol. The Morgan fingerprint density at radius 3 is 2.95 bits per heavy atom. The van der Waals surface area contributed by atoms with Crippen LogP contribution in [0.2, 0.25) is 0 Å². The zero-order valence-electron chi connectivity index (χ0n) is 9.71. The van der Waals surface area contributed by atoms with Crippen molar-refractivity contribution < 1.29 is 24.2 Å². The molecule has 0 spiro atoms. The van der Waals surface area contributed by atoms with Gasteiger partial charge in [-0.1, -0.05) is 0 Å². The van der Waals surface area contributed by atoms with Gasteiger partial charge in [-0.05, 0) is 0 Å². The SMILES string of the molecule is O=C(O)O[C@@]1(NC(=O)c2cn[nH]c(=O)c2)CCOC1. The number of hydrogen-bond donors (Lipinski definition) is 3. The summed E-state index contributed by atoms with van der Waals surface area (Å²) in [6.07, 6.45) is -0.169. The van der Waals surface area contributed by atoms with E-state index in [1.165, 1.54) is 0 Å². The van der Waals surface area contributed by atoms with Crippen LogP contribution in [0.15, 0.2) is 17.1 Å². The number of carboxylic acid groups (broad SMARTS) is 1. The number of aromatic nitrogens is 2. The number of H-pyrrole nitrogens is 1. The van der Waals surface area contributed by atoms with Crippen LogP contribution in [0.5, 0.6) is 0 Å². The molecule has 0 unspecified atom stereocenters. The van der Waals surface area contributed by atoms with Crippen molar-refractivity contribution in [3.05, 3.63) is 28.2 Å². The van der Waals surface area contributed by atoms with Gasteiger partial charge in [0, 0.05) is 12.5 Å². The number of ether oxygens (including phenoxy) is 2. The van der Waals surface area contributed by atoms with Gasteiger partial charge in [-0.3, -0.25) is 9.59 Å². The van der Waals surface area contributed by atoms with Gasteiger partial charge in [-0.15, -0.1) is 0 Å². The number of hydrogen-bond acceptors (Lipinski definition) is 6. The van der Waals surface area contributed by atoms with Gasteiger partial charge in [-0.2, -0.15) is 5.10 Å². The van der Waals surface area contributed by atoms with Gasteiger partial charge in [0.15, 0.2) is 0 Å². The highest BCUT2D eigenvalue weighted by Gasteiger charge is 2.41. The Morgan fingerprint density at radius 1 is 1.58 bits per heavy atom. The van der Waals surface area contributed by atoms with E-state index in [4.69, 9.17) is 9.84 Å². The monoisotopic (exact) mass is 269 g/mol. The van der Waals surface area contributed by atoms with Crippen LogP contribution in [-0.4, -0.2) is 46.3 Å². The highest BCUT2D eigenvalue weighted by Crippen LogP contribution is 2.21. The lowest BCUT2D eigenvalue weighted by atomic mass is 10.1. The van der Waals surface area contributed by atoms with E-state index in [9.17, 15) is 14.4 Å². The number of aromatic amines is 1. The zero-order chi connectivity index (χ0) is 13.9. The first-order valence-electron chi connectivity index (χ1n) is 5.38. The predicted octanol–water partition coefficient (Wildman–Crippen LogP) is -0.689. The summed E-state index contributed by atoms with van der Waals surface area (Å²) in [6, 6.07) is 1.05. The summed E-state index contributed by atoms with van der Waals surface area (Å²) >= 11 is 0. The fourth-order valence-electron chi connectivity index (χ4n) is 1.70. The second kappa shape index (κ2) is 5.06. The number of amides is 1. The third kappa shape index (κ3) is 3.07. The van der Waals surface area contributed by atoms with Gasteiger partial charge in [0.1, 0.15) is 6.61 Å². The Bertz CT molecular complexity index is 548. The smallest absolute Gasteiger partial charge is 0.450 e. The molecule has 9 heteroatoms. The largest absolute Gasteiger partial charge is 0.507 e. The summed E-state index contributed by atoms with van der Waals surface area (Å²) in [4.78, 5) is 33.6. The first kappa shape index (κ1) is 13.0.